The molecular weight excluding hydrogens is 455 g/mol. The number of ether oxygens (including phenoxy) is 1. The molecule has 0 atom stereocenters. The molecule has 0 fully saturated rings. The number of rotatable bonds is 8. The van der Waals surface area contributed by atoms with Crippen molar-refractivity contribution in [3.63, 3.8) is 0 Å². The number of hydrogen-bond acceptors (Lipinski definition) is 5. The van der Waals surface area contributed by atoms with Crippen LogP contribution in [0, 0.1) is 20.8 Å². The van der Waals surface area contributed by atoms with E-state index in [4.69, 9.17) is 27.9 Å². The number of amides is 1. The number of anilines is 1. The number of hydrogen-bond donors (Lipinski definition) is 1. The van der Waals surface area contributed by atoms with E-state index in [1.165, 1.54) is 11.8 Å². The maximum Gasteiger partial charge on any atom is 0.234 e. The van der Waals surface area contributed by atoms with E-state index < -0.39 is 0 Å². The molecule has 1 aromatic heterocycles. The van der Waals surface area contributed by atoms with Gasteiger partial charge in [-0.3, -0.25) is 4.79 Å². The molecule has 1 N–H and O–H groups in total. The van der Waals surface area contributed by atoms with Crippen molar-refractivity contribution in [3.05, 3.63) is 62.9 Å². The van der Waals surface area contributed by atoms with E-state index in [0.29, 0.717) is 28.2 Å². The molecule has 0 radical (unpaired) electrons. The second-order valence-electron chi connectivity index (χ2n) is 7.10. The normalized spacial score (nSPS) is 10.9. The minimum absolute atomic E-state index is 0.133. The number of aromatic nitrogens is 3. The van der Waals surface area contributed by atoms with Gasteiger partial charge in [0, 0.05) is 22.3 Å². The van der Waals surface area contributed by atoms with Gasteiger partial charge in [-0.1, -0.05) is 41.0 Å². The summed E-state index contributed by atoms with van der Waals surface area (Å²) in [5.74, 6) is 1.50. The molecule has 0 bridgehead atoms. The SMILES string of the molecule is CCn1c(COc2cc(C)c(Cl)c(C)c2)nnc1SCC(=O)Nc1cc(Cl)ccc1C. The number of nitrogens with one attached hydrogen (secondary N) is 1. The van der Waals surface area contributed by atoms with Gasteiger partial charge in [-0.15, -0.1) is 10.2 Å². The van der Waals surface area contributed by atoms with Crippen LogP contribution in [0.5, 0.6) is 5.75 Å². The summed E-state index contributed by atoms with van der Waals surface area (Å²) in [5, 5.41) is 13.4. The summed E-state index contributed by atoms with van der Waals surface area (Å²) in [6.07, 6.45) is 0. The minimum atomic E-state index is -0.133. The highest BCUT2D eigenvalue weighted by Crippen LogP contribution is 2.27. The van der Waals surface area contributed by atoms with Crippen LogP contribution in [0.3, 0.4) is 0 Å². The molecule has 6 nitrogen and oxygen atoms in total. The summed E-state index contributed by atoms with van der Waals surface area (Å²) in [6.45, 7) is 8.76. The summed E-state index contributed by atoms with van der Waals surface area (Å²) in [6, 6.07) is 9.21. The van der Waals surface area contributed by atoms with Crippen LogP contribution in [-0.4, -0.2) is 26.4 Å². The molecule has 1 amide bonds. The lowest BCUT2D eigenvalue weighted by Crippen LogP contribution is -2.15. The Morgan fingerprint density at radius 3 is 2.48 bits per heavy atom. The van der Waals surface area contributed by atoms with Gasteiger partial charge >= 0.3 is 0 Å². The minimum Gasteiger partial charge on any atom is -0.486 e. The molecule has 0 aliphatic heterocycles. The summed E-state index contributed by atoms with van der Waals surface area (Å²) in [5.41, 5.74) is 3.58. The zero-order valence-electron chi connectivity index (χ0n) is 17.8. The molecule has 164 valence electrons. The zero-order chi connectivity index (χ0) is 22.5. The fourth-order valence-corrected chi connectivity index (χ4v) is 4.14. The second-order valence-corrected chi connectivity index (χ2v) is 8.86. The quantitative estimate of drug-likeness (QED) is 0.411. The van der Waals surface area contributed by atoms with Crippen molar-refractivity contribution in [1.82, 2.24) is 14.8 Å². The number of carbonyl (C=O) groups is 1. The zero-order valence-corrected chi connectivity index (χ0v) is 20.2. The van der Waals surface area contributed by atoms with E-state index >= 15 is 0 Å². The van der Waals surface area contributed by atoms with Crippen molar-refractivity contribution in [2.75, 3.05) is 11.1 Å². The van der Waals surface area contributed by atoms with Crippen LogP contribution in [0.15, 0.2) is 35.5 Å². The van der Waals surface area contributed by atoms with Crippen LogP contribution in [0.25, 0.3) is 0 Å². The Morgan fingerprint density at radius 2 is 1.81 bits per heavy atom. The van der Waals surface area contributed by atoms with Gasteiger partial charge in [0.15, 0.2) is 11.0 Å². The van der Waals surface area contributed by atoms with Crippen LogP contribution in [0.1, 0.15) is 29.4 Å². The van der Waals surface area contributed by atoms with Gasteiger partial charge in [-0.25, -0.2) is 0 Å². The molecule has 31 heavy (non-hydrogen) atoms. The van der Waals surface area contributed by atoms with E-state index in [2.05, 4.69) is 15.5 Å². The van der Waals surface area contributed by atoms with Crippen LogP contribution < -0.4 is 10.1 Å². The first-order chi connectivity index (χ1) is 14.8. The van der Waals surface area contributed by atoms with Gasteiger partial charge in [-0.2, -0.15) is 0 Å². The van der Waals surface area contributed by atoms with Gasteiger partial charge in [0.05, 0.1) is 5.75 Å². The molecule has 0 saturated heterocycles. The Kier molecular flexibility index (Phi) is 7.86. The number of carbonyl (C=O) groups excluding carboxylic acids is 1. The van der Waals surface area contributed by atoms with Crippen molar-refractivity contribution >= 4 is 46.6 Å². The smallest absolute Gasteiger partial charge is 0.234 e. The Hall–Kier alpha value is -2.22. The fourth-order valence-electron chi connectivity index (χ4n) is 3.03. The van der Waals surface area contributed by atoms with E-state index in [0.717, 1.165) is 27.5 Å². The summed E-state index contributed by atoms with van der Waals surface area (Å²) >= 11 is 13.6. The molecule has 0 saturated carbocycles. The van der Waals surface area contributed by atoms with Crippen molar-refractivity contribution in [2.24, 2.45) is 0 Å². The monoisotopic (exact) mass is 478 g/mol. The van der Waals surface area contributed by atoms with Gasteiger partial charge in [0.2, 0.25) is 5.91 Å². The first-order valence-electron chi connectivity index (χ1n) is 9.79. The lowest BCUT2D eigenvalue weighted by atomic mass is 10.1. The van der Waals surface area contributed by atoms with Gasteiger partial charge in [-0.05, 0) is 68.7 Å². The van der Waals surface area contributed by atoms with E-state index in [1.807, 2.05) is 50.5 Å². The van der Waals surface area contributed by atoms with Crippen LogP contribution in [0.2, 0.25) is 10.0 Å². The number of thioether (sulfide) groups is 1. The molecule has 0 unspecified atom stereocenters. The van der Waals surface area contributed by atoms with E-state index in [-0.39, 0.29) is 18.3 Å². The lowest BCUT2D eigenvalue weighted by molar-refractivity contribution is -0.113. The average Bonchev–Trinajstić information content (AvgIpc) is 3.13. The van der Waals surface area contributed by atoms with E-state index in [9.17, 15) is 4.79 Å². The molecule has 0 spiro atoms. The molecule has 2 aromatic carbocycles. The van der Waals surface area contributed by atoms with E-state index in [1.54, 1.807) is 12.1 Å². The third-order valence-electron chi connectivity index (χ3n) is 4.69. The number of halogens is 2. The summed E-state index contributed by atoms with van der Waals surface area (Å²) in [7, 11) is 0. The second kappa shape index (κ2) is 10.4. The van der Waals surface area contributed by atoms with Crippen molar-refractivity contribution in [2.45, 2.75) is 46.0 Å². The number of benzene rings is 2. The van der Waals surface area contributed by atoms with Crippen molar-refractivity contribution < 1.29 is 9.53 Å². The molecule has 9 heteroatoms. The highest BCUT2D eigenvalue weighted by molar-refractivity contribution is 7.99. The highest BCUT2D eigenvalue weighted by Gasteiger charge is 2.15. The largest absolute Gasteiger partial charge is 0.486 e. The maximum absolute atomic E-state index is 12.4. The Balaban J connectivity index is 1.62. The third kappa shape index (κ3) is 5.93. The topological polar surface area (TPSA) is 69.0 Å². The maximum atomic E-state index is 12.4. The first kappa shape index (κ1) is 23.4. The van der Waals surface area contributed by atoms with Crippen molar-refractivity contribution in [3.8, 4) is 5.75 Å². The van der Waals surface area contributed by atoms with Gasteiger partial charge < -0.3 is 14.6 Å². The standard InChI is InChI=1S/C22H24Cl2N4O2S/c1-5-28-19(11-30-17-8-14(3)21(24)15(4)9-17)26-27-22(28)31-12-20(29)25-18-10-16(23)7-6-13(18)2/h6-10H,5,11-12H2,1-4H3,(H,25,29). The summed E-state index contributed by atoms with van der Waals surface area (Å²) < 4.78 is 7.85. The Labute approximate surface area is 196 Å². The molecule has 0 aliphatic carbocycles. The highest BCUT2D eigenvalue weighted by atomic mass is 35.5. The predicted molar refractivity (Wildman–Crippen MR) is 126 cm³/mol. The van der Waals surface area contributed by atoms with Gasteiger partial charge in [0.25, 0.3) is 0 Å². The van der Waals surface area contributed by atoms with Gasteiger partial charge in [0.1, 0.15) is 12.4 Å². The van der Waals surface area contributed by atoms with Crippen LogP contribution >= 0.6 is 35.0 Å². The molecule has 1 heterocycles. The fraction of sp³-hybridized carbons (Fsp3) is 0.318. The summed E-state index contributed by atoms with van der Waals surface area (Å²) in [4.78, 5) is 12.4. The molecular formula is C22H24Cl2N4O2S. The first-order valence-corrected chi connectivity index (χ1v) is 11.5. The molecule has 3 aromatic rings. The lowest BCUT2D eigenvalue weighted by Gasteiger charge is -2.11. The number of aryl methyl sites for hydroxylation is 3. The van der Waals surface area contributed by atoms with Crippen LogP contribution in [0.4, 0.5) is 5.69 Å². The Bertz CT molecular complexity index is 1080. The Morgan fingerprint density at radius 1 is 1.10 bits per heavy atom. The van der Waals surface area contributed by atoms with Crippen LogP contribution in [-0.2, 0) is 17.9 Å². The number of nitrogens with zero attached hydrogens (tertiary/aromatic N) is 3. The third-order valence-corrected chi connectivity index (χ3v) is 6.49. The molecule has 3 rings (SSSR count). The predicted octanol–water partition coefficient (Wildman–Crippen LogP) is 5.84. The average molecular weight is 479 g/mol. The van der Waals surface area contributed by atoms with Crippen molar-refractivity contribution in [1.29, 1.82) is 0 Å². The molecule has 0 aliphatic rings.